The number of benzene rings is 1. The normalized spacial score (nSPS) is 19.9. The quantitative estimate of drug-likeness (QED) is 0.256. The van der Waals surface area contributed by atoms with Gasteiger partial charge in [0.05, 0.1) is 6.54 Å². The molecule has 2 rings (SSSR count). The molecule has 3 N–H and O–H groups in total. The number of halogens is 1. The molecule has 6 nitrogen and oxygen atoms in total. The third kappa shape index (κ3) is 8.25. The molecule has 7 heteroatoms. The molecule has 1 aromatic rings. The highest BCUT2D eigenvalue weighted by atomic mass is 127. The Bertz CT molecular complexity index is 587. The molecule has 146 valence electrons. The monoisotopic (exact) mass is 474 g/mol. The van der Waals surface area contributed by atoms with E-state index in [-0.39, 0.29) is 29.9 Å². The smallest absolute Gasteiger partial charge is 0.221 e. The lowest BCUT2D eigenvalue weighted by Crippen LogP contribution is -2.45. The zero-order valence-corrected chi connectivity index (χ0v) is 18.2. The Morgan fingerprint density at radius 3 is 2.65 bits per heavy atom. The van der Waals surface area contributed by atoms with Crippen molar-refractivity contribution in [2.75, 3.05) is 25.5 Å². The number of hydrogen-bond donors (Lipinski definition) is 3. The van der Waals surface area contributed by atoms with E-state index in [0.29, 0.717) is 19.2 Å². The molecule has 1 aromatic carbocycles. The van der Waals surface area contributed by atoms with E-state index in [0.717, 1.165) is 23.3 Å². The molecule has 1 amide bonds. The third-order valence-electron chi connectivity index (χ3n) is 4.40. The minimum atomic E-state index is -0.0919. The number of nitrogens with one attached hydrogen (secondary N) is 3. The van der Waals surface area contributed by atoms with Gasteiger partial charge in [-0.15, -0.1) is 24.0 Å². The molecule has 26 heavy (non-hydrogen) atoms. The summed E-state index contributed by atoms with van der Waals surface area (Å²) in [4.78, 5) is 15.4. The van der Waals surface area contributed by atoms with E-state index in [1.165, 1.54) is 32.6 Å². The first-order chi connectivity index (χ1) is 12.1. The van der Waals surface area contributed by atoms with E-state index in [2.05, 4.69) is 27.9 Å². The van der Waals surface area contributed by atoms with Crippen molar-refractivity contribution in [2.45, 2.75) is 45.6 Å². The van der Waals surface area contributed by atoms with Crippen molar-refractivity contribution in [3.05, 3.63) is 24.3 Å². The summed E-state index contributed by atoms with van der Waals surface area (Å²) in [5, 5.41) is 9.53. The fourth-order valence-electron chi connectivity index (χ4n) is 3.00. The molecule has 1 aliphatic rings. The average molecular weight is 474 g/mol. The van der Waals surface area contributed by atoms with Gasteiger partial charge in [0.1, 0.15) is 12.4 Å². The summed E-state index contributed by atoms with van der Waals surface area (Å²) in [5.41, 5.74) is 0.738. The predicted octanol–water partition coefficient (Wildman–Crippen LogP) is 3.39. The molecule has 0 radical (unpaired) electrons. The van der Waals surface area contributed by atoms with Gasteiger partial charge in [-0.2, -0.15) is 0 Å². The second-order valence-corrected chi connectivity index (χ2v) is 6.66. The number of rotatable bonds is 6. The molecule has 0 spiro atoms. The summed E-state index contributed by atoms with van der Waals surface area (Å²) in [5.74, 6) is 2.31. The highest BCUT2D eigenvalue weighted by Gasteiger charge is 2.18. The third-order valence-corrected chi connectivity index (χ3v) is 4.40. The summed E-state index contributed by atoms with van der Waals surface area (Å²) in [6.07, 6.45) is 4.97. The number of hydrogen-bond acceptors (Lipinski definition) is 3. The maximum atomic E-state index is 11.1. The first-order valence-electron chi connectivity index (χ1n) is 9.04. The summed E-state index contributed by atoms with van der Waals surface area (Å²) in [6, 6.07) is 7.90. The Balaban J connectivity index is 0.00000338. The molecule has 0 aliphatic heterocycles. The van der Waals surface area contributed by atoms with Crippen LogP contribution in [0.4, 0.5) is 5.69 Å². The number of amides is 1. The fraction of sp³-hybridized carbons (Fsp3) is 0.579. The van der Waals surface area contributed by atoms with Crippen LogP contribution >= 0.6 is 24.0 Å². The molecule has 0 saturated heterocycles. The number of nitrogens with zero attached hydrogens (tertiary/aromatic N) is 1. The summed E-state index contributed by atoms with van der Waals surface area (Å²) < 4.78 is 5.73. The highest BCUT2D eigenvalue weighted by Crippen LogP contribution is 2.23. The van der Waals surface area contributed by atoms with Gasteiger partial charge in [-0.05, 0) is 43.7 Å². The van der Waals surface area contributed by atoms with Crippen molar-refractivity contribution >= 4 is 41.5 Å². The number of guanidine groups is 1. The van der Waals surface area contributed by atoms with Crippen molar-refractivity contribution in [2.24, 2.45) is 10.9 Å². The van der Waals surface area contributed by atoms with Crippen LogP contribution in [-0.2, 0) is 4.79 Å². The van der Waals surface area contributed by atoms with Crippen LogP contribution in [0.25, 0.3) is 0 Å². The molecule has 0 bridgehead atoms. The molecule has 0 heterocycles. The van der Waals surface area contributed by atoms with Crippen molar-refractivity contribution in [1.29, 1.82) is 0 Å². The summed E-state index contributed by atoms with van der Waals surface area (Å²) in [6.45, 7) is 4.99. The second-order valence-electron chi connectivity index (χ2n) is 6.66. The minimum absolute atomic E-state index is 0. The van der Waals surface area contributed by atoms with Crippen LogP contribution in [0.2, 0.25) is 0 Å². The molecule has 0 unspecified atom stereocenters. The molecule has 0 aromatic heterocycles. The molecule has 1 fully saturated rings. The van der Waals surface area contributed by atoms with Gasteiger partial charge in [0.2, 0.25) is 5.91 Å². The van der Waals surface area contributed by atoms with Crippen molar-refractivity contribution in [3.63, 3.8) is 0 Å². The largest absolute Gasteiger partial charge is 0.492 e. The highest BCUT2D eigenvalue weighted by molar-refractivity contribution is 14.0. The minimum Gasteiger partial charge on any atom is -0.492 e. The van der Waals surface area contributed by atoms with Crippen LogP contribution in [0.3, 0.4) is 0 Å². The first kappa shape index (κ1) is 22.5. The van der Waals surface area contributed by atoms with Crippen molar-refractivity contribution < 1.29 is 9.53 Å². The van der Waals surface area contributed by atoms with E-state index < -0.39 is 0 Å². The van der Waals surface area contributed by atoms with Gasteiger partial charge in [-0.25, -0.2) is 0 Å². The van der Waals surface area contributed by atoms with Crippen molar-refractivity contribution in [1.82, 2.24) is 10.6 Å². The van der Waals surface area contributed by atoms with Gasteiger partial charge in [0.25, 0.3) is 0 Å². The Kier molecular flexibility index (Phi) is 10.4. The SMILES string of the molecule is CN=C(NCCOc1cccc(NC(C)=O)c1)NC1CCC(C)CC1.I. The number of ether oxygens (including phenoxy) is 1. The summed E-state index contributed by atoms with van der Waals surface area (Å²) in [7, 11) is 1.79. The van der Waals surface area contributed by atoms with Gasteiger partial charge in [-0.3, -0.25) is 9.79 Å². The topological polar surface area (TPSA) is 74.8 Å². The number of aliphatic imine (C=N–C) groups is 1. The standard InChI is InChI=1S/C19H30N4O2.HI/c1-14-7-9-16(10-8-14)23-19(20-3)21-11-12-25-18-6-4-5-17(13-18)22-15(2)24;/h4-6,13-14,16H,7-12H2,1-3H3,(H,22,24)(H2,20,21,23);1H. The van der Waals surface area contributed by atoms with Crippen LogP contribution < -0.4 is 20.7 Å². The zero-order chi connectivity index (χ0) is 18.1. The summed E-state index contributed by atoms with van der Waals surface area (Å²) >= 11 is 0. The van der Waals surface area contributed by atoms with Gasteiger partial charge in [0, 0.05) is 31.8 Å². The lowest BCUT2D eigenvalue weighted by Gasteiger charge is -2.28. The Morgan fingerprint density at radius 1 is 1.27 bits per heavy atom. The van der Waals surface area contributed by atoms with Crippen molar-refractivity contribution in [3.8, 4) is 5.75 Å². The van der Waals surface area contributed by atoms with Crippen LogP contribution in [0.15, 0.2) is 29.3 Å². The van der Waals surface area contributed by atoms with E-state index >= 15 is 0 Å². The van der Waals surface area contributed by atoms with Crippen LogP contribution in [0, 0.1) is 5.92 Å². The van der Waals surface area contributed by atoms with Crippen LogP contribution in [-0.4, -0.2) is 38.1 Å². The fourth-order valence-corrected chi connectivity index (χ4v) is 3.00. The molecular weight excluding hydrogens is 443 g/mol. The van der Waals surface area contributed by atoms with Crippen LogP contribution in [0.1, 0.15) is 39.5 Å². The van der Waals surface area contributed by atoms with Crippen LogP contribution in [0.5, 0.6) is 5.75 Å². The molecule has 1 aliphatic carbocycles. The number of anilines is 1. The lowest BCUT2D eigenvalue weighted by molar-refractivity contribution is -0.114. The Morgan fingerprint density at radius 2 is 2.00 bits per heavy atom. The second kappa shape index (κ2) is 12.0. The van der Waals surface area contributed by atoms with E-state index in [1.807, 2.05) is 24.3 Å². The van der Waals surface area contributed by atoms with E-state index in [1.54, 1.807) is 7.05 Å². The zero-order valence-electron chi connectivity index (χ0n) is 15.9. The first-order valence-corrected chi connectivity index (χ1v) is 9.04. The van der Waals surface area contributed by atoms with E-state index in [9.17, 15) is 4.79 Å². The van der Waals surface area contributed by atoms with E-state index in [4.69, 9.17) is 4.74 Å². The lowest BCUT2D eigenvalue weighted by atomic mass is 9.87. The number of carbonyl (C=O) groups is 1. The van der Waals surface area contributed by atoms with Gasteiger partial charge >= 0.3 is 0 Å². The maximum absolute atomic E-state index is 11.1. The molecule has 1 saturated carbocycles. The number of carbonyl (C=O) groups excluding carboxylic acids is 1. The van der Waals surface area contributed by atoms with Gasteiger partial charge in [0.15, 0.2) is 5.96 Å². The Labute approximate surface area is 173 Å². The average Bonchev–Trinajstić information content (AvgIpc) is 2.59. The Hall–Kier alpha value is -1.51. The predicted molar refractivity (Wildman–Crippen MR) is 118 cm³/mol. The molecule has 0 atom stereocenters. The molecular formula is C19H31IN4O2. The van der Waals surface area contributed by atoms with Gasteiger partial charge in [-0.1, -0.05) is 13.0 Å². The van der Waals surface area contributed by atoms with Gasteiger partial charge < -0.3 is 20.7 Å². The maximum Gasteiger partial charge on any atom is 0.221 e.